The van der Waals surface area contributed by atoms with E-state index in [0.717, 1.165) is 22.6 Å². The highest BCUT2D eigenvalue weighted by Gasteiger charge is 2.14. The minimum Gasteiger partial charge on any atom is -0.383 e. The van der Waals surface area contributed by atoms with Gasteiger partial charge in [-0.25, -0.2) is 0 Å². The van der Waals surface area contributed by atoms with Crippen molar-refractivity contribution in [1.82, 2.24) is 0 Å². The monoisotopic (exact) mass is 335 g/mol. The normalized spacial score (nSPS) is 16.4. The zero-order valence-corrected chi connectivity index (χ0v) is 12.7. The molecule has 1 aromatic rings. The standard InChI is InChI=1S/C13H16BrCl2N/c14-10-7-11(15)13(12(16)8-10)17-6-5-9-3-1-2-4-9/h7-9,17H,1-6H2. The molecule has 17 heavy (non-hydrogen) atoms. The molecule has 1 aromatic carbocycles. The third-order valence-corrected chi connectivity index (χ3v) is 4.39. The second kappa shape index (κ2) is 6.31. The van der Waals surface area contributed by atoms with Crippen LogP contribution >= 0.6 is 39.1 Å². The molecule has 1 saturated carbocycles. The first-order valence-corrected chi connectivity index (χ1v) is 7.60. The predicted octanol–water partition coefficient (Wildman–Crippen LogP) is 5.75. The molecule has 94 valence electrons. The fraction of sp³-hybridized carbons (Fsp3) is 0.538. The van der Waals surface area contributed by atoms with E-state index in [1.165, 1.54) is 32.1 Å². The van der Waals surface area contributed by atoms with E-state index < -0.39 is 0 Å². The fourth-order valence-corrected chi connectivity index (χ4v) is 3.75. The van der Waals surface area contributed by atoms with E-state index in [2.05, 4.69) is 21.2 Å². The first-order valence-electron chi connectivity index (χ1n) is 6.05. The van der Waals surface area contributed by atoms with Gasteiger partial charge in [0.25, 0.3) is 0 Å². The summed E-state index contributed by atoms with van der Waals surface area (Å²) in [7, 11) is 0. The summed E-state index contributed by atoms with van der Waals surface area (Å²) >= 11 is 15.7. The van der Waals surface area contributed by atoms with Crippen LogP contribution < -0.4 is 5.32 Å². The molecule has 0 bridgehead atoms. The largest absolute Gasteiger partial charge is 0.383 e. The lowest BCUT2D eigenvalue weighted by Gasteiger charge is -2.13. The van der Waals surface area contributed by atoms with Crippen LogP contribution in [0.3, 0.4) is 0 Å². The summed E-state index contributed by atoms with van der Waals surface area (Å²) in [5, 5.41) is 4.70. The molecule has 0 unspecified atom stereocenters. The molecule has 1 N–H and O–H groups in total. The molecule has 0 aromatic heterocycles. The van der Waals surface area contributed by atoms with Crippen LogP contribution in [0, 0.1) is 5.92 Å². The van der Waals surface area contributed by atoms with Crippen molar-refractivity contribution in [3.05, 3.63) is 26.7 Å². The van der Waals surface area contributed by atoms with E-state index in [0.29, 0.717) is 10.0 Å². The molecular weight excluding hydrogens is 321 g/mol. The second-order valence-corrected chi connectivity index (χ2v) is 6.34. The highest BCUT2D eigenvalue weighted by atomic mass is 79.9. The van der Waals surface area contributed by atoms with Gasteiger partial charge in [0, 0.05) is 11.0 Å². The summed E-state index contributed by atoms with van der Waals surface area (Å²) in [6.07, 6.45) is 6.75. The van der Waals surface area contributed by atoms with Crippen LogP contribution in [0.4, 0.5) is 5.69 Å². The van der Waals surface area contributed by atoms with E-state index >= 15 is 0 Å². The third kappa shape index (κ3) is 3.77. The van der Waals surface area contributed by atoms with Gasteiger partial charge < -0.3 is 5.32 Å². The first kappa shape index (κ1) is 13.5. The molecule has 1 aliphatic rings. The number of anilines is 1. The van der Waals surface area contributed by atoms with Crippen LogP contribution in [0.1, 0.15) is 32.1 Å². The second-order valence-electron chi connectivity index (χ2n) is 4.61. The molecule has 0 aliphatic heterocycles. The lowest BCUT2D eigenvalue weighted by Crippen LogP contribution is -2.07. The van der Waals surface area contributed by atoms with Crippen LogP contribution in [-0.2, 0) is 0 Å². The SMILES string of the molecule is Clc1cc(Br)cc(Cl)c1NCCC1CCCC1. The van der Waals surface area contributed by atoms with Crippen molar-refractivity contribution in [2.45, 2.75) is 32.1 Å². The van der Waals surface area contributed by atoms with Crippen molar-refractivity contribution in [3.8, 4) is 0 Å². The Morgan fingerprint density at radius 1 is 1.18 bits per heavy atom. The summed E-state index contributed by atoms with van der Waals surface area (Å²) in [6, 6.07) is 3.73. The fourth-order valence-electron chi connectivity index (χ4n) is 2.41. The number of hydrogen-bond donors (Lipinski definition) is 1. The van der Waals surface area contributed by atoms with E-state index in [4.69, 9.17) is 23.2 Å². The van der Waals surface area contributed by atoms with Crippen LogP contribution in [-0.4, -0.2) is 6.54 Å². The Hall–Kier alpha value is 0.0800. The Morgan fingerprint density at radius 2 is 1.76 bits per heavy atom. The average Bonchev–Trinajstić information content (AvgIpc) is 2.74. The predicted molar refractivity (Wildman–Crippen MR) is 79.2 cm³/mol. The topological polar surface area (TPSA) is 12.0 Å². The van der Waals surface area contributed by atoms with Crippen molar-refractivity contribution in [2.75, 3.05) is 11.9 Å². The number of hydrogen-bond acceptors (Lipinski definition) is 1. The molecule has 4 heteroatoms. The molecule has 0 amide bonds. The first-order chi connectivity index (χ1) is 8.16. The molecule has 0 heterocycles. The van der Waals surface area contributed by atoms with Crippen LogP contribution in [0.5, 0.6) is 0 Å². The van der Waals surface area contributed by atoms with Gasteiger partial charge in [-0.2, -0.15) is 0 Å². The van der Waals surface area contributed by atoms with Gasteiger partial charge in [-0.15, -0.1) is 0 Å². The Bertz CT molecular complexity index is 366. The highest BCUT2D eigenvalue weighted by molar-refractivity contribution is 9.10. The van der Waals surface area contributed by atoms with Crippen LogP contribution in [0.2, 0.25) is 10.0 Å². The van der Waals surface area contributed by atoms with E-state index in [1.54, 1.807) is 0 Å². The van der Waals surface area contributed by atoms with Crippen molar-refractivity contribution < 1.29 is 0 Å². The molecule has 2 rings (SSSR count). The lowest BCUT2D eigenvalue weighted by molar-refractivity contribution is 0.518. The molecular formula is C13H16BrCl2N. The maximum atomic E-state index is 6.15. The quantitative estimate of drug-likeness (QED) is 0.738. The van der Waals surface area contributed by atoms with Gasteiger partial charge in [0.15, 0.2) is 0 Å². The van der Waals surface area contributed by atoms with Gasteiger partial charge in [0.1, 0.15) is 0 Å². The molecule has 0 atom stereocenters. The van der Waals surface area contributed by atoms with Crippen LogP contribution in [0.15, 0.2) is 16.6 Å². The summed E-state index contributed by atoms with van der Waals surface area (Å²) in [5.41, 5.74) is 0.856. The third-order valence-electron chi connectivity index (χ3n) is 3.34. The molecule has 1 nitrogen and oxygen atoms in total. The highest BCUT2D eigenvalue weighted by Crippen LogP contribution is 2.34. The van der Waals surface area contributed by atoms with Gasteiger partial charge in [0.05, 0.1) is 15.7 Å². The maximum absolute atomic E-state index is 6.15. The van der Waals surface area contributed by atoms with Gasteiger partial charge in [-0.1, -0.05) is 64.8 Å². The summed E-state index contributed by atoms with van der Waals surface area (Å²) in [4.78, 5) is 0. The average molecular weight is 337 g/mol. The Morgan fingerprint density at radius 3 is 2.35 bits per heavy atom. The Labute approximate surface area is 121 Å². The molecule has 1 fully saturated rings. The molecule has 1 aliphatic carbocycles. The van der Waals surface area contributed by atoms with Gasteiger partial charge in [0.2, 0.25) is 0 Å². The van der Waals surface area contributed by atoms with E-state index in [1.807, 2.05) is 12.1 Å². The molecule has 0 radical (unpaired) electrons. The number of halogens is 3. The smallest absolute Gasteiger partial charge is 0.0719 e. The zero-order valence-electron chi connectivity index (χ0n) is 9.61. The number of rotatable bonds is 4. The number of nitrogens with one attached hydrogen (secondary N) is 1. The molecule has 0 spiro atoms. The zero-order chi connectivity index (χ0) is 12.3. The van der Waals surface area contributed by atoms with Gasteiger partial charge >= 0.3 is 0 Å². The summed E-state index contributed by atoms with van der Waals surface area (Å²) in [5.74, 6) is 0.885. The lowest BCUT2D eigenvalue weighted by atomic mass is 10.0. The summed E-state index contributed by atoms with van der Waals surface area (Å²) < 4.78 is 0.911. The van der Waals surface area contributed by atoms with Gasteiger partial charge in [-0.05, 0) is 24.5 Å². The molecule has 0 saturated heterocycles. The van der Waals surface area contributed by atoms with Crippen molar-refractivity contribution in [1.29, 1.82) is 0 Å². The van der Waals surface area contributed by atoms with Crippen molar-refractivity contribution >= 4 is 44.8 Å². The minimum atomic E-state index is 0.677. The number of benzene rings is 1. The van der Waals surface area contributed by atoms with E-state index in [-0.39, 0.29) is 0 Å². The Balaban J connectivity index is 1.89. The maximum Gasteiger partial charge on any atom is 0.0719 e. The van der Waals surface area contributed by atoms with Crippen LogP contribution in [0.25, 0.3) is 0 Å². The summed E-state index contributed by atoms with van der Waals surface area (Å²) in [6.45, 7) is 0.950. The van der Waals surface area contributed by atoms with Crippen molar-refractivity contribution in [2.24, 2.45) is 5.92 Å². The Kier molecular flexibility index (Phi) is 5.01. The van der Waals surface area contributed by atoms with E-state index in [9.17, 15) is 0 Å². The minimum absolute atomic E-state index is 0.677. The van der Waals surface area contributed by atoms with Gasteiger partial charge in [-0.3, -0.25) is 0 Å². The van der Waals surface area contributed by atoms with Crippen molar-refractivity contribution in [3.63, 3.8) is 0 Å².